The third-order valence-electron chi connectivity index (χ3n) is 6.40. The van der Waals surface area contributed by atoms with E-state index in [0.29, 0.717) is 35.7 Å². The lowest BCUT2D eigenvalue weighted by Gasteiger charge is -2.39. The number of allylic oxidation sites excluding steroid dienone is 2. The number of hydrogen-bond acceptors (Lipinski definition) is 5. The Labute approximate surface area is 188 Å². The van der Waals surface area contributed by atoms with Gasteiger partial charge in [0.15, 0.2) is 17.3 Å². The molecule has 1 heterocycles. The molecule has 0 spiro atoms. The van der Waals surface area contributed by atoms with Gasteiger partial charge in [-0.05, 0) is 37.0 Å². The van der Waals surface area contributed by atoms with E-state index in [9.17, 15) is 9.59 Å². The maximum Gasteiger partial charge on any atom is 0.232 e. The van der Waals surface area contributed by atoms with Crippen LogP contribution < -0.4 is 19.1 Å². The molecule has 0 saturated carbocycles. The normalized spacial score (nSPS) is 18.5. The zero-order valence-electron chi connectivity index (χ0n) is 19.1. The number of carbonyl (C=O) groups is 2. The number of ketones is 1. The average Bonchev–Trinajstić information content (AvgIpc) is 2.82. The first kappa shape index (κ1) is 21.9. The summed E-state index contributed by atoms with van der Waals surface area (Å²) < 4.78 is 16.6. The standard InChI is InChI=1S/C26H29NO5/c1-5-16-9-6-7-10-19(16)27-20-11-8-12-21(28)26(20)18(14-25(27)29)17-13-23(31-3)24(32-4)15-22(17)30-2/h6-7,9-10,13,15,18H,5,8,11-12,14H2,1-4H3/t18-/m1/s1. The SMILES string of the molecule is CCc1ccccc1N1C(=O)C[C@H](c2cc(OC)c(OC)cc2OC)C2=C1CCCC2=O. The van der Waals surface area contributed by atoms with Crippen molar-refractivity contribution in [2.24, 2.45) is 0 Å². The Balaban J connectivity index is 1.92. The molecular formula is C26H29NO5. The molecule has 1 aliphatic heterocycles. The number of Topliss-reactive ketones (excluding diaryl/α,β-unsaturated/α-hetero) is 1. The average molecular weight is 436 g/mol. The van der Waals surface area contributed by atoms with E-state index in [-0.39, 0.29) is 24.0 Å². The van der Waals surface area contributed by atoms with E-state index in [1.54, 1.807) is 32.3 Å². The second-order valence-electron chi connectivity index (χ2n) is 8.05. The lowest BCUT2D eigenvalue weighted by Crippen LogP contribution is -2.41. The van der Waals surface area contributed by atoms with Gasteiger partial charge in [0.05, 0.1) is 27.0 Å². The smallest absolute Gasteiger partial charge is 0.232 e. The number of hydrogen-bond donors (Lipinski definition) is 0. The molecule has 168 valence electrons. The van der Waals surface area contributed by atoms with E-state index >= 15 is 0 Å². The van der Waals surface area contributed by atoms with Crippen LogP contribution in [-0.2, 0) is 16.0 Å². The zero-order valence-corrected chi connectivity index (χ0v) is 19.1. The van der Waals surface area contributed by atoms with Crippen molar-refractivity contribution in [3.63, 3.8) is 0 Å². The molecule has 1 amide bonds. The van der Waals surface area contributed by atoms with Gasteiger partial charge >= 0.3 is 0 Å². The fourth-order valence-electron chi connectivity index (χ4n) is 4.89. The molecule has 2 aromatic carbocycles. The summed E-state index contributed by atoms with van der Waals surface area (Å²) in [6.45, 7) is 2.08. The van der Waals surface area contributed by atoms with Crippen molar-refractivity contribution in [2.75, 3.05) is 26.2 Å². The van der Waals surface area contributed by atoms with Crippen molar-refractivity contribution in [1.82, 2.24) is 0 Å². The second kappa shape index (κ2) is 9.07. The van der Waals surface area contributed by atoms with Crippen LogP contribution in [0.2, 0.25) is 0 Å². The van der Waals surface area contributed by atoms with Crippen LogP contribution in [0.3, 0.4) is 0 Å². The first-order valence-electron chi connectivity index (χ1n) is 11.0. The minimum Gasteiger partial charge on any atom is -0.496 e. The predicted molar refractivity (Wildman–Crippen MR) is 123 cm³/mol. The molecule has 0 saturated heterocycles. The van der Waals surface area contributed by atoms with Crippen LogP contribution >= 0.6 is 0 Å². The Bertz CT molecular complexity index is 1090. The first-order chi connectivity index (χ1) is 15.5. The van der Waals surface area contributed by atoms with E-state index in [4.69, 9.17) is 14.2 Å². The molecule has 2 aromatic rings. The van der Waals surface area contributed by atoms with Crippen molar-refractivity contribution in [1.29, 1.82) is 0 Å². The topological polar surface area (TPSA) is 65.1 Å². The molecule has 0 fully saturated rings. The summed E-state index contributed by atoms with van der Waals surface area (Å²) in [5.41, 5.74) is 4.27. The number of aryl methyl sites for hydroxylation is 1. The van der Waals surface area contributed by atoms with Crippen molar-refractivity contribution in [3.8, 4) is 17.2 Å². The third kappa shape index (κ3) is 3.64. The summed E-state index contributed by atoms with van der Waals surface area (Å²) >= 11 is 0. The molecular weight excluding hydrogens is 406 g/mol. The number of carbonyl (C=O) groups excluding carboxylic acids is 2. The summed E-state index contributed by atoms with van der Waals surface area (Å²) in [4.78, 5) is 28.6. The molecule has 6 heteroatoms. The summed E-state index contributed by atoms with van der Waals surface area (Å²) in [6, 6.07) is 11.5. The van der Waals surface area contributed by atoms with E-state index in [1.807, 2.05) is 30.3 Å². The van der Waals surface area contributed by atoms with Crippen molar-refractivity contribution in [3.05, 3.63) is 58.8 Å². The van der Waals surface area contributed by atoms with Gasteiger partial charge in [0.2, 0.25) is 5.91 Å². The summed E-state index contributed by atoms with van der Waals surface area (Å²) in [5.74, 6) is 1.36. The largest absolute Gasteiger partial charge is 0.496 e. The van der Waals surface area contributed by atoms with Crippen LogP contribution in [0.25, 0.3) is 0 Å². The van der Waals surface area contributed by atoms with E-state index in [2.05, 4.69) is 6.92 Å². The molecule has 0 radical (unpaired) electrons. The Morgan fingerprint density at radius 1 is 0.938 bits per heavy atom. The maximum absolute atomic E-state index is 13.6. The van der Waals surface area contributed by atoms with Crippen LogP contribution in [0.4, 0.5) is 5.69 Å². The van der Waals surface area contributed by atoms with Gasteiger partial charge in [-0.1, -0.05) is 25.1 Å². The van der Waals surface area contributed by atoms with Crippen molar-refractivity contribution >= 4 is 17.4 Å². The number of nitrogens with zero attached hydrogens (tertiary/aromatic N) is 1. The highest BCUT2D eigenvalue weighted by atomic mass is 16.5. The number of benzene rings is 2. The molecule has 4 rings (SSSR count). The highest BCUT2D eigenvalue weighted by Crippen LogP contribution is 2.48. The van der Waals surface area contributed by atoms with Gasteiger partial charge in [-0.25, -0.2) is 0 Å². The molecule has 32 heavy (non-hydrogen) atoms. The lowest BCUT2D eigenvalue weighted by atomic mass is 9.76. The molecule has 2 aliphatic rings. The van der Waals surface area contributed by atoms with E-state index in [0.717, 1.165) is 35.4 Å². The van der Waals surface area contributed by atoms with Crippen LogP contribution in [0.5, 0.6) is 17.2 Å². The van der Waals surface area contributed by atoms with E-state index < -0.39 is 0 Å². The lowest BCUT2D eigenvalue weighted by molar-refractivity contribution is -0.119. The number of anilines is 1. The van der Waals surface area contributed by atoms with Gasteiger partial charge in [0.25, 0.3) is 0 Å². The van der Waals surface area contributed by atoms with Gasteiger partial charge in [0.1, 0.15) is 5.75 Å². The van der Waals surface area contributed by atoms with Crippen LogP contribution in [0.15, 0.2) is 47.7 Å². The van der Waals surface area contributed by atoms with Crippen molar-refractivity contribution < 1.29 is 23.8 Å². The quantitative estimate of drug-likeness (QED) is 0.652. The Kier molecular flexibility index (Phi) is 6.21. The molecule has 1 aliphatic carbocycles. The molecule has 1 atom stereocenters. The molecule has 0 unspecified atom stereocenters. The fourth-order valence-corrected chi connectivity index (χ4v) is 4.89. The minimum absolute atomic E-state index is 0.0128. The summed E-state index contributed by atoms with van der Waals surface area (Å²) in [5, 5.41) is 0. The number of rotatable bonds is 6. The van der Waals surface area contributed by atoms with Crippen LogP contribution in [-0.4, -0.2) is 33.0 Å². The third-order valence-corrected chi connectivity index (χ3v) is 6.40. The molecule has 0 bridgehead atoms. The number of methoxy groups -OCH3 is 3. The molecule has 0 aromatic heterocycles. The minimum atomic E-state index is -0.384. The summed E-state index contributed by atoms with van der Waals surface area (Å²) in [7, 11) is 4.71. The zero-order chi connectivity index (χ0) is 22.8. The fraction of sp³-hybridized carbons (Fsp3) is 0.385. The number of amides is 1. The van der Waals surface area contributed by atoms with Gasteiger partial charge < -0.3 is 14.2 Å². The predicted octanol–water partition coefficient (Wildman–Crippen LogP) is 4.80. The van der Waals surface area contributed by atoms with E-state index in [1.165, 1.54) is 0 Å². The monoisotopic (exact) mass is 435 g/mol. The maximum atomic E-state index is 13.6. The van der Waals surface area contributed by atoms with Crippen LogP contribution in [0.1, 0.15) is 49.7 Å². The summed E-state index contributed by atoms with van der Waals surface area (Å²) in [6.07, 6.45) is 2.92. The Morgan fingerprint density at radius 2 is 1.62 bits per heavy atom. The number of ether oxygens (including phenoxy) is 3. The molecule has 6 nitrogen and oxygen atoms in total. The Morgan fingerprint density at radius 3 is 2.31 bits per heavy atom. The second-order valence-corrected chi connectivity index (χ2v) is 8.05. The highest BCUT2D eigenvalue weighted by Gasteiger charge is 2.41. The first-order valence-corrected chi connectivity index (χ1v) is 11.0. The van der Waals surface area contributed by atoms with Gasteiger partial charge in [0, 0.05) is 41.7 Å². The number of para-hydroxylation sites is 1. The van der Waals surface area contributed by atoms with Gasteiger partial charge in [-0.2, -0.15) is 0 Å². The van der Waals surface area contributed by atoms with Crippen LogP contribution in [0, 0.1) is 0 Å². The van der Waals surface area contributed by atoms with Crippen molar-refractivity contribution in [2.45, 2.75) is 44.9 Å². The van der Waals surface area contributed by atoms with Gasteiger partial charge in [-0.15, -0.1) is 0 Å². The Hall–Kier alpha value is -3.28. The molecule has 0 N–H and O–H groups in total. The highest BCUT2D eigenvalue weighted by molar-refractivity contribution is 6.08. The van der Waals surface area contributed by atoms with Gasteiger partial charge in [-0.3, -0.25) is 14.5 Å².